The van der Waals surface area contributed by atoms with E-state index in [2.05, 4.69) is 24.0 Å². The number of rotatable bonds is 5. The summed E-state index contributed by atoms with van der Waals surface area (Å²) in [4.78, 5) is 4.38. The second-order valence-electron chi connectivity index (χ2n) is 4.28. The van der Waals surface area contributed by atoms with Gasteiger partial charge in [0.25, 0.3) is 5.89 Å². The zero-order valence-electron chi connectivity index (χ0n) is 10.7. The SMILES string of the molecule is CCOC(c1noc(-c2ccsc2N)n1)C(C)C. The van der Waals surface area contributed by atoms with Crippen LogP contribution in [-0.4, -0.2) is 16.7 Å². The monoisotopic (exact) mass is 267 g/mol. The predicted octanol–water partition coefficient (Wildman–Crippen LogP) is 3.11. The molecule has 0 spiro atoms. The van der Waals surface area contributed by atoms with E-state index in [-0.39, 0.29) is 12.0 Å². The molecule has 0 radical (unpaired) electrons. The third-order valence-corrected chi connectivity index (χ3v) is 3.32. The first-order chi connectivity index (χ1) is 8.63. The Labute approximate surface area is 110 Å². The van der Waals surface area contributed by atoms with Crippen molar-refractivity contribution in [3.8, 4) is 11.5 Å². The van der Waals surface area contributed by atoms with Gasteiger partial charge in [-0.1, -0.05) is 19.0 Å². The van der Waals surface area contributed by atoms with Crippen LogP contribution in [0.5, 0.6) is 0 Å². The Morgan fingerprint density at radius 1 is 1.50 bits per heavy atom. The maximum absolute atomic E-state index is 5.84. The third-order valence-electron chi connectivity index (χ3n) is 2.57. The summed E-state index contributed by atoms with van der Waals surface area (Å²) in [5.41, 5.74) is 6.63. The minimum Gasteiger partial charge on any atom is -0.390 e. The van der Waals surface area contributed by atoms with Crippen LogP contribution >= 0.6 is 11.3 Å². The molecule has 0 saturated heterocycles. The van der Waals surface area contributed by atoms with Gasteiger partial charge in [-0.3, -0.25) is 0 Å². The molecule has 0 fully saturated rings. The number of nitrogen functional groups attached to an aromatic ring is 1. The second kappa shape index (κ2) is 5.49. The number of hydrogen-bond acceptors (Lipinski definition) is 6. The van der Waals surface area contributed by atoms with E-state index in [0.717, 1.165) is 5.56 Å². The van der Waals surface area contributed by atoms with Gasteiger partial charge in [0.2, 0.25) is 5.82 Å². The van der Waals surface area contributed by atoms with Gasteiger partial charge in [0.1, 0.15) is 6.10 Å². The Kier molecular flexibility index (Phi) is 3.98. The summed E-state index contributed by atoms with van der Waals surface area (Å²) >= 11 is 1.45. The molecule has 5 nitrogen and oxygen atoms in total. The van der Waals surface area contributed by atoms with Crippen molar-refractivity contribution in [2.75, 3.05) is 12.3 Å². The van der Waals surface area contributed by atoms with E-state index in [4.69, 9.17) is 15.0 Å². The first-order valence-corrected chi connectivity index (χ1v) is 6.80. The number of aromatic nitrogens is 2. The molecule has 0 aliphatic heterocycles. The smallest absolute Gasteiger partial charge is 0.261 e. The Balaban J connectivity index is 2.27. The quantitative estimate of drug-likeness (QED) is 0.901. The van der Waals surface area contributed by atoms with Gasteiger partial charge in [0.05, 0.1) is 10.6 Å². The van der Waals surface area contributed by atoms with Gasteiger partial charge in [-0.25, -0.2) is 0 Å². The van der Waals surface area contributed by atoms with E-state index in [1.165, 1.54) is 11.3 Å². The minimum atomic E-state index is -0.146. The molecule has 18 heavy (non-hydrogen) atoms. The van der Waals surface area contributed by atoms with Crippen molar-refractivity contribution >= 4 is 16.3 Å². The summed E-state index contributed by atoms with van der Waals surface area (Å²) in [6, 6.07) is 1.88. The summed E-state index contributed by atoms with van der Waals surface area (Å²) in [5.74, 6) is 1.32. The fraction of sp³-hybridized carbons (Fsp3) is 0.500. The highest BCUT2D eigenvalue weighted by Gasteiger charge is 2.23. The van der Waals surface area contributed by atoms with Gasteiger partial charge in [0, 0.05) is 6.61 Å². The van der Waals surface area contributed by atoms with Gasteiger partial charge in [-0.15, -0.1) is 11.3 Å². The fourth-order valence-electron chi connectivity index (χ4n) is 1.70. The predicted molar refractivity (Wildman–Crippen MR) is 71.2 cm³/mol. The van der Waals surface area contributed by atoms with Crippen LogP contribution in [0.3, 0.4) is 0 Å². The van der Waals surface area contributed by atoms with E-state index in [0.29, 0.717) is 23.3 Å². The normalized spacial score (nSPS) is 13.1. The van der Waals surface area contributed by atoms with Crippen molar-refractivity contribution in [1.29, 1.82) is 0 Å². The van der Waals surface area contributed by atoms with Crippen molar-refractivity contribution in [3.05, 3.63) is 17.3 Å². The van der Waals surface area contributed by atoms with Crippen LogP contribution in [0.25, 0.3) is 11.5 Å². The molecule has 98 valence electrons. The Bertz CT molecular complexity index is 507. The summed E-state index contributed by atoms with van der Waals surface area (Å²) in [5, 5.41) is 6.57. The van der Waals surface area contributed by atoms with Crippen LogP contribution in [0.1, 0.15) is 32.7 Å². The lowest BCUT2D eigenvalue weighted by Gasteiger charge is -2.16. The van der Waals surface area contributed by atoms with Crippen LogP contribution in [0.2, 0.25) is 0 Å². The summed E-state index contributed by atoms with van der Waals surface area (Å²) in [6.07, 6.45) is -0.146. The number of ether oxygens (including phenoxy) is 1. The van der Waals surface area contributed by atoms with Crippen molar-refractivity contribution in [1.82, 2.24) is 10.1 Å². The average molecular weight is 267 g/mol. The number of nitrogens with two attached hydrogens (primary N) is 1. The highest BCUT2D eigenvalue weighted by Crippen LogP contribution is 2.31. The molecule has 0 aliphatic rings. The Hall–Kier alpha value is -1.40. The van der Waals surface area contributed by atoms with Crippen LogP contribution in [0.4, 0.5) is 5.00 Å². The summed E-state index contributed by atoms with van der Waals surface area (Å²) in [6.45, 7) is 6.70. The Morgan fingerprint density at radius 2 is 2.28 bits per heavy atom. The topological polar surface area (TPSA) is 74.2 Å². The van der Waals surface area contributed by atoms with Crippen molar-refractivity contribution in [2.24, 2.45) is 5.92 Å². The molecule has 2 heterocycles. The first-order valence-electron chi connectivity index (χ1n) is 5.92. The number of anilines is 1. The standard InChI is InChI=1S/C12H17N3O2S/c1-4-16-9(7(2)3)11-14-12(17-15-11)8-5-6-18-10(8)13/h5-7,9H,4,13H2,1-3H3. The van der Waals surface area contributed by atoms with Gasteiger partial charge >= 0.3 is 0 Å². The van der Waals surface area contributed by atoms with Crippen LogP contribution in [0.15, 0.2) is 16.0 Å². The van der Waals surface area contributed by atoms with E-state index in [9.17, 15) is 0 Å². The van der Waals surface area contributed by atoms with E-state index in [1.54, 1.807) is 0 Å². The van der Waals surface area contributed by atoms with E-state index < -0.39 is 0 Å². The zero-order valence-corrected chi connectivity index (χ0v) is 11.5. The molecule has 1 atom stereocenters. The first kappa shape index (κ1) is 13.0. The lowest BCUT2D eigenvalue weighted by Crippen LogP contribution is -2.12. The van der Waals surface area contributed by atoms with Crippen LogP contribution in [-0.2, 0) is 4.74 Å². The highest BCUT2D eigenvalue weighted by atomic mass is 32.1. The zero-order chi connectivity index (χ0) is 13.1. The summed E-state index contributed by atoms with van der Waals surface area (Å²) in [7, 11) is 0. The number of thiophene rings is 1. The maximum atomic E-state index is 5.84. The van der Waals surface area contributed by atoms with Crippen LogP contribution < -0.4 is 5.73 Å². The van der Waals surface area contributed by atoms with Gasteiger partial charge < -0.3 is 15.0 Å². The molecule has 1 unspecified atom stereocenters. The molecule has 2 aromatic heterocycles. The van der Waals surface area contributed by atoms with Crippen molar-refractivity contribution < 1.29 is 9.26 Å². The largest absolute Gasteiger partial charge is 0.390 e. The Morgan fingerprint density at radius 3 is 2.83 bits per heavy atom. The van der Waals surface area contributed by atoms with E-state index in [1.807, 2.05) is 18.4 Å². The van der Waals surface area contributed by atoms with E-state index >= 15 is 0 Å². The van der Waals surface area contributed by atoms with Crippen molar-refractivity contribution in [2.45, 2.75) is 26.9 Å². The third kappa shape index (κ3) is 2.54. The fourth-order valence-corrected chi connectivity index (χ4v) is 2.34. The molecule has 0 bridgehead atoms. The molecular weight excluding hydrogens is 250 g/mol. The highest BCUT2D eigenvalue weighted by molar-refractivity contribution is 7.14. The molecule has 2 rings (SSSR count). The molecule has 2 N–H and O–H groups in total. The molecule has 0 amide bonds. The average Bonchev–Trinajstić information content (AvgIpc) is 2.93. The number of nitrogens with zero attached hydrogens (tertiary/aromatic N) is 2. The molecule has 6 heteroatoms. The number of hydrogen-bond donors (Lipinski definition) is 1. The molecule has 0 aliphatic carbocycles. The lowest BCUT2D eigenvalue weighted by atomic mass is 10.1. The molecule has 0 saturated carbocycles. The minimum absolute atomic E-state index is 0.146. The van der Waals surface area contributed by atoms with Crippen LogP contribution in [0, 0.1) is 5.92 Å². The summed E-state index contributed by atoms with van der Waals surface area (Å²) < 4.78 is 10.9. The lowest BCUT2D eigenvalue weighted by molar-refractivity contribution is 0.0217. The molecule has 0 aromatic carbocycles. The van der Waals surface area contributed by atoms with Gasteiger partial charge in [-0.2, -0.15) is 4.98 Å². The second-order valence-corrected chi connectivity index (χ2v) is 5.22. The van der Waals surface area contributed by atoms with Gasteiger partial charge in [-0.05, 0) is 24.3 Å². The maximum Gasteiger partial charge on any atom is 0.261 e. The molecule has 2 aromatic rings. The molecular formula is C12H17N3O2S. The van der Waals surface area contributed by atoms with Gasteiger partial charge in [0.15, 0.2) is 0 Å². The van der Waals surface area contributed by atoms with Crippen molar-refractivity contribution in [3.63, 3.8) is 0 Å².